The zero-order chi connectivity index (χ0) is 16.8. The molecule has 0 unspecified atom stereocenters. The number of nitrogens with zero attached hydrogens (tertiary/aromatic N) is 4. The van der Waals surface area contributed by atoms with E-state index in [2.05, 4.69) is 20.5 Å². The fourth-order valence-corrected chi connectivity index (χ4v) is 2.95. The van der Waals surface area contributed by atoms with Crippen molar-refractivity contribution in [3.8, 4) is 0 Å². The van der Waals surface area contributed by atoms with Crippen molar-refractivity contribution < 1.29 is 4.79 Å². The number of anilines is 1. The second-order valence-corrected chi connectivity index (χ2v) is 6.26. The molecule has 6 nitrogen and oxygen atoms in total. The summed E-state index contributed by atoms with van der Waals surface area (Å²) in [5.74, 6) is 0.641. The molecule has 0 bridgehead atoms. The van der Waals surface area contributed by atoms with Gasteiger partial charge in [0.2, 0.25) is 0 Å². The first-order valence-corrected chi connectivity index (χ1v) is 8.47. The van der Waals surface area contributed by atoms with Gasteiger partial charge < -0.3 is 10.2 Å². The van der Waals surface area contributed by atoms with E-state index in [1.165, 1.54) is 25.7 Å². The summed E-state index contributed by atoms with van der Waals surface area (Å²) < 4.78 is 0. The van der Waals surface area contributed by atoms with Gasteiger partial charge in [-0.1, -0.05) is 12.8 Å². The molecule has 0 spiro atoms. The molecule has 6 heteroatoms. The van der Waals surface area contributed by atoms with E-state index in [1.54, 1.807) is 30.4 Å². The summed E-state index contributed by atoms with van der Waals surface area (Å²) in [4.78, 5) is 18.1. The van der Waals surface area contributed by atoms with Crippen LogP contribution in [0, 0.1) is 0 Å². The highest BCUT2D eigenvalue weighted by molar-refractivity contribution is 5.92. The summed E-state index contributed by atoms with van der Waals surface area (Å²) in [5, 5.41) is 11.6. The Hall–Kier alpha value is -2.50. The van der Waals surface area contributed by atoms with Gasteiger partial charge in [-0.3, -0.25) is 9.78 Å². The molecular weight excluding hydrogens is 302 g/mol. The van der Waals surface area contributed by atoms with E-state index in [9.17, 15) is 4.79 Å². The molecule has 0 aromatic carbocycles. The van der Waals surface area contributed by atoms with Gasteiger partial charge in [0, 0.05) is 32.0 Å². The van der Waals surface area contributed by atoms with Crippen molar-refractivity contribution in [1.29, 1.82) is 0 Å². The minimum atomic E-state index is -0.107. The van der Waals surface area contributed by atoms with Crippen LogP contribution >= 0.6 is 0 Å². The lowest BCUT2D eigenvalue weighted by Crippen LogP contribution is -2.29. The molecule has 1 amide bonds. The molecule has 1 N–H and O–H groups in total. The molecule has 1 aliphatic rings. The number of hydrogen-bond donors (Lipinski definition) is 1. The predicted molar refractivity (Wildman–Crippen MR) is 92.8 cm³/mol. The normalized spacial score (nSPS) is 14.5. The topological polar surface area (TPSA) is 71.0 Å². The molecule has 2 aromatic heterocycles. The Kier molecular flexibility index (Phi) is 5.36. The highest BCUT2D eigenvalue weighted by Gasteiger charge is 2.17. The van der Waals surface area contributed by atoms with Crippen LogP contribution in [0.4, 0.5) is 5.82 Å². The van der Waals surface area contributed by atoms with Gasteiger partial charge in [0.05, 0.1) is 0 Å². The maximum absolute atomic E-state index is 12.4. The summed E-state index contributed by atoms with van der Waals surface area (Å²) in [6, 6.07) is 8.00. The molecule has 0 radical (unpaired) electrons. The van der Waals surface area contributed by atoms with Gasteiger partial charge in [0.25, 0.3) is 5.91 Å². The molecule has 24 heavy (non-hydrogen) atoms. The first-order valence-electron chi connectivity index (χ1n) is 8.47. The van der Waals surface area contributed by atoms with E-state index in [0.717, 1.165) is 17.8 Å². The van der Waals surface area contributed by atoms with Crippen molar-refractivity contribution in [2.45, 2.75) is 38.1 Å². The van der Waals surface area contributed by atoms with Gasteiger partial charge in [0.15, 0.2) is 5.69 Å². The van der Waals surface area contributed by atoms with Crippen LogP contribution in [-0.2, 0) is 6.42 Å². The number of nitrogens with one attached hydrogen (secondary N) is 1. The molecule has 0 aliphatic heterocycles. The van der Waals surface area contributed by atoms with Crippen LogP contribution in [0.1, 0.15) is 41.7 Å². The van der Waals surface area contributed by atoms with E-state index >= 15 is 0 Å². The first-order chi connectivity index (χ1) is 11.7. The minimum absolute atomic E-state index is 0.107. The second kappa shape index (κ2) is 7.86. The molecule has 3 rings (SSSR count). The Morgan fingerprint density at radius 3 is 2.58 bits per heavy atom. The summed E-state index contributed by atoms with van der Waals surface area (Å²) in [6.07, 6.45) is 9.21. The lowest BCUT2D eigenvalue weighted by atomic mass is 10.2. The molecule has 1 aliphatic carbocycles. The number of likely N-dealkylation sites (N-methyl/N-ethyl adjacent to an activating group) is 1. The Labute approximate surface area is 142 Å². The van der Waals surface area contributed by atoms with Crippen molar-refractivity contribution in [3.05, 3.63) is 47.9 Å². The van der Waals surface area contributed by atoms with Crippen LogP contribution in [-0.4, -0.2) is 45.6 Å². The van der Waals surface area contributed by atoms with Crippen LogP contribution in [0.25, 0.3) is 0 Å². The molecule has 2 aromatic rings. The van der Waals surface area contributed by atoms with Crippen LogP contribution in [0.5, 0.6) is 0 Å². The number of carbonyl (C=O) groups excluding carboxylic acids is 1. The fraction of sp³-hybridized carbons (Fsp3) is 0.444. The van der Waals surface area contributed by atoms with E-state index in [1.807, 2.05) is 18.2 Å². The third-order valence-electron chi connectivity index (χ3n) is 4.42. The first kappa shape index (κ1) is 16.4. The largest absolute Gasteiger partial charge is 0.366 e. The van der Waals surface area contributed by atoms with Crippen molar-refractivity contribution in [1.82, 2.24) is 20.1 Å². The Morgan fingerprint density at radius 2 is 1.92 bits per heavy atom. The number of hydrogen-bond acceptors (Lipinski definition) is 5. The highest BCUT2D eigenvalue weighted by atomic mass is 16.2. The van der Waals surface area contributed by atoms with Crippen molar-refractivity contribution in [2.24, 2.45) is 0 Å². The zero-order valence-electron chi connectivity index (χ0n) is 14.0. The van der Waals surface area contributed by atoms with E-state index in [0.29, 0.717) is 18.3 Å². The van der Waals surface area contributed by atoms with Gasteiger partial charge >= 0.3 is 0 Å². The van der Waals surface area contributed by atoms with E-state index in [-0.39, 0.29) is 5.91 Å². The number of carbonyl (C=O) groups is 1. The van der Waals surface area contributed by atoms with Gasteiger partial charge in [-0.25, -0.2) is 0 Å². The third-order valence-corrected chi connectivity index (χ3v) is 4.42. The van der Waals surface area contributed by atoms with Gasteiger partial charge in [-0.2, -0.15) is 0 Å². The molecule has 0 atom stereocenters. The second-order valence-electron chi connectivity index (χ2n) is 6.26. The van der Waals surface area contributed by atoms with Crippen molar-refractivity contribution >= 4 is 11.7 Å². The summed E-state index contributed by atoms with van der Waals surface area (Å²) in [7, 11) is 1.79. The molecule has 126 valence electrons. The molecule has 2 heterocycles. The standard InChI is InChI=1S/C18H23N5O/c1-23(13-10-14-8-11-19-12-9-14)18(24)16-6-7-17(22-21-16)20-15-4-2-3-5-15/h6-9,11-12,15H,2-5,10,13H2,1H3,(H,20,22). The summed E-state index contributed by atoms with van der Waals surface area (Å²) >= 11 is 0. The van der Waals surface area contributed by atoms with Crippen LogP contribution < -0.4 is 5.32 Å². The van der Waals surface area contributed by atoms with Crippen LogP contribution in [0.3, 0.4) is 0 Å². The monoisotopic (exact) mass is 325 g/mol. The maximum Gasteiger partial charge on any atom is 0.274 e. The summed E-state index contributed by atoms with van der Waals surface area (Å²) in [6.45, 7) is 0.632. The number of pyridine rings is 1. The fourth-order valence-electron chi connectivity index (χ4n) is 2.95. The van der Waals surface area contributed by atoms with Crippen LogP contribution in [0.2, 0.25) is 0 Å². The van der Waals surface area contributed by atoms with E-state index < -0.39 is 0 Å². The number of amides is 1. The average molecular weight is 325 g/mol. The van der Waals surface area contributed by atoms with Gasteiger partial charge in [0.1, 0.15) is 5.82 Å². The van der Waals surface area contributed by atoms with E-state index in [4.69, 9.17) is 0 Å². The highest BCUT2D eigenvalue weighted by Crippen LogP contribution is 2.21. The molecule has 0 saturated heterocycles. The Morgan fingerprint density at radius 1 is 1.17 bits per heavy atom. The smallest absolute Gasteiger partial charge is 0.274 e. The lowest BCUT2D eigenvalue weighted by Gasteiger charge is -2.17. The Balaban J connectivity index is 1.53. The third kappa shape index (κ3) is 4.28. The molecular formula is C18H23N5O. The van der Waals surface area contributed by atoms with Crippen molar-refractivity contribution in [2.75, 3.05) is 18.9 Å². The number of aromatic nitrogens is 3. The van der Waals surface area contributed by atoms with Crippen LogP contribution in [0.15, 0.2) is 36.7 Å². The average Bonchev–Trinajstić information content (AvgIpc) is 3.13. The van der Waals surface area contributed by atoms with Gasteiger partial charge in [-0.15, -0.1) is 10.2 Å². The minimum Gasteiger partial charge on any atom is -0.366 e. The quantitative estimate of drug-likeness (QED) is 0.884. The lowest BCUT2D eigenvalue weighted by molar-refractivity contribution is 0.0789. The maximum atomic E-state index is 12.4. The van der Waals surface area contributed by atoms with Gasteiger partial charge in [-0.05, 0) is 49.1 Å². The number of rotatable bonds is 6. The zero-order valence-corrected chi connectivity index (χ0v) is 14.0. The molecule has 1 saturated carbocycles. The predicted octanol–water partition coefficient (Wildman–Crippen LogP) is 2.54. The Bertz CT molecular complexity index is 653. The van der Waals surface area contributed by atoms with Crippen molar-refractivity contribution in [3.63, 3.8) is 0 Å². The summed E-state index contributed by atoms with van der Waals surface area (Å²) in [5.41, 5.74) is 1.54. The SMILES string of the molecule is CN(CCc1ccncc1)C(=O)c1ccc(NC2CCCC2)nn1. The molecule has 1 fully saturated rings.